The van der Waals surface area contributed by atoms with E-state index in [-0.39, 0.29) is 23.9 Å². The predicted octanol–water partition coefficient (Wildman–Crippen LogP) is 2.08. The summed E-state index contributed by atoms with van der Waals surface area (Å²) in [4.78, 5) is 11.6. The number of hydrogen-bond donors (Lipinski definition) is 0. The summed E-state index contributed by atoms with van der Waals surface area (Å²) in [6.45, 7) is 0. The molecule has 0 heterocycles. The van der Waals surface area contributed by atoms with Gasteiger partial charge in [-0.3, -0.25) is 0 Å². The van der Waals surface area contributed by atoms with Crippen LogP contribution in [0.2, 0.25) is 0 Å². The molecule has 0 saturated heterocycles. The first kappa shape index (κ1) is 14.6. The van der Waals surface area contributed by atoms with Gasteiger partial charge in [0.25, 0.3) is 0 Å². The first-order chi connectivity index (χ1) is 8.16. The second kappa shape index (κ2) is 6.45. The standard InChI is InChI=1S/C12H11O4P.ClH2/c13-17(14,15-11-7-3-1-4-8-11)16-12-9-5-2-6-10-12;/h1-10H,(H,13,14);1H2/q;+1/p-1. The molecule has 0 unspecified atom stereocenters. The van der Waals surface area contributed by atoms with E-state index in [2.05, 4.69) is 0 Å². The summed E-state index contributed by atoms with van der Waals surface area (Å²) in [5, 5.41) is 0. The van der Waals surface area contributed by atoms with Gasteiger partial charge < -0.3 is 13.9 Å². The molecule has 0 spiro atoms. The Balaban J connectivity index is 0.00000162. The minimum absolute atomic E-state index is 0. The highest BCUT2D eigenvalue weighted by Crippen LogP contribution is 2.40. The van der Waals surface area contributed by atoms with Crippen molar-refractivity contribution in [1.29, 1.82) is 0 Å². The third-order valence-electron chi connectivity index (χ3n) is 1.92. The number of hydrogen-bond acceptors (Lipinski definition) is 4. The zero-order valence-corrected chi connectivity index (χ0v) is 11.1. The van der Waals surface area contributed by atoms with E-state index >= 15 is 0 Å². The van der Waals surface area contributed by atoms with Crippen LogP contribution < -0.4 is 13.9 Å². The third kappa shape index (κ3) is 4.41. The van der Waals surface area contributed by atoms with Crippen LogP contribution >= 0.6 is 7.82 Å². The normalized spacial score (nSPS) is 10.3. The molecule has 0 aliphatic rings. The van der Waals surface area contributed by atoms with Gasteiger partial charge in [-0.2, -0.15) is 0 Å². The largest absolute Gasteiger partial charge is 0.736 e. The maximum atomic E-state index is 11.6. The summed E-state index contributed by atoms with van der Waals surface area (Å²) < 4.78 is 21.1. The lowest BCUT2D eigenvalue weighted by Gasteiger charge is -2.23. The van der Waals surface area contributed by atoms with Gasteiger partial charge in [-0.05, 0) is 24.3 Å². The quantitative estimate of drug-likeness (QED) is 0.808. The van der Waals surface area contributed by atoms with Gasteiger partial charge in [0.15, 0.2) is 0 Å². The molecular formula is C12H12ClO4P. The maximum absolute atomic E-state index is 11.6. The summed E-state index contributed by atoms with van der Waals surface area (Å²) >= 11 is 0. The van der Waals surface area contributed by atoms with Crippen molar-refractivity contribution in [2.24, 2.45) is 0 Å². The average molecular weight is 287 g/mol. The maximum Gasteiger partial charge on any atom is 0.372 e. The summed E-state index contributed by atoms with van der Waals surface area (Å²) in [5.74, 6) is 0.448. The molecule has 18 heavy (non-hydrogen) atoms. The molecule has 0 aliphatic carbocycles. The molecule has 2 aromatic rings. The van der Waals surface area contributed by atoms with E-state index in [1.807, 2.05) is 0 Å². The van der Waals surface area contributed by atoms with Gasteiger partial charge in [-0.15, -0.1) is 0 Å². The van der Waals surface area contributed by atoms with Crippen LogP contribution in [0.3, 0.4) is 0 Å². The van der Waals surface area contributed by atoms with E-state index in [0.717, 1.165) is 0 Å². The highest BCUT2D eigenvalue weighted by molar-refractivity contribution is 7.46. The van der Waals surface area contributed by atoms with Gasteiger partial charge >= 0.3 is 7.82 Å². The molecule has 96 valence electrons. The Morgan fingerprint density at radius 1 is 0.778 bits per heavy atom. The lowest BCUT2D eigenvalue weighted by atomic mass is 10.3. The number of benzene rings is 2. The second-order valence-corrected chi connectivity index (χ2v) is 4.52. The topological polar surface area (TPSA) is 58.6 Å². The summed E-state index contributed by atoms with van der Waals surface area (Å²) in [6.07, 6.45) is 0. The van der Waals surface area contributed by atoms with Crippen LogP contribution in [0.15, 0.2) is 60.7 Å². The Bertz CT molecular complexity index is 473. The smallest absolute Gasteiger partial charge is 0.372 e. The van der Waals surface area contributed by atoms with Crippen molar-refractivity contribution in [3.63, 3.8) is 0 Å². The predicted molar refractivity (Wildman–Crippen MR) is 64.5 cm³/mol. The van der Waals surface area contributed by atoms with Gasteiger partial charge in [0.2, 0.25) is 0 Å². The van der Waals surface area contributed by atoms with E-state index in [0.29, 0.717) is 0 Å². The Hall–Kier alpha value is -1.48. The van der Waals surface area contributed by atoms with Crippen molar-refractivity contribution in [2.75, 3.05) is 0 Å². The lowest BCUT2D eigenvalue weighted by Crippen LogP contribution is -2.12. The number of phosphoric acid groups is 1. The minimum Gasteiger partial charge on any atom is -0.736 e. The van der Waals surface area contributed by atoms with E-state index in [4.69, 9.17) is 9.05 Å². The van der Waals surface area contributed by atoms with Gasteiger partial charge in [0.05, 0.1) is 12.4 Å². The molecule has 2 aromatic carbocycles. The molecule has 2 rings (SSSR count). The first-order valence-electron chi connectivity index (χ1n) is 4.96. The molecule has 4 nitrogen and oxygen atoms in total. The number of halogens is 1. The Labute approximate surface area is 111 Å². The molecule has 0 radical (unpaired) electrons. The van der Waals surface area contributed by atoms with Gasteiger partial charge in [0.1, 0.15) is 11.5 Å². The monoisotopic (exact) mass is 286 g/mol. The van der Waals surface area contributed by atoms with Crippen LogP contribution in [0.4, 0.5) is 0 Å². The molecule has 6 heteroatoms. The van der Waals surface area contributed by atoms with E-state index in [9.17, 15) is 9.46 Å². The molecule has 0 aliphatic heterocycles. The van der Waals surface area contributed by atoms with Crippen molar-refractivity contribution in [2.45, 2.75) is 0 Å². The summed E-state index contributed by atoms with van der Waals surface area (Å²) in [7, 11) is -4.39. The van der Waals surface area contributed by atoms with E-state index in [1.165, 1.54) is 0 Å². The van der Waals surface area contributed by atoms with Crippen LogP contribution in [0.5, 0.6) is 11.5 Å². The SMILES string of the molecule is O=P([O-])(Oc1ccccc1)Oc1ccccc1.[ClH2+]. The fourth-order valence-corrected chi connectivity index (χ4v) is 2.04. The number of phosphoric ester groups is 1. The molecule has 0 fully saturated rings. The van der Waals surface area contributed by atoms with Crippen molar-refractivity contribution in [3.8, 4) is 11.5 Å². The van der Waals surface area contributed by atoms with Crippen LogP contribution in [0.25, 0.3) is 0 Å². The Morgan fingerprint density at radius 2 is 1.11 bits per heavy atom. The minimum atomic E-state index is -4.39. The molecule has 0 N–H and O–H groups in total. The van der Waals surface area contributed by atoms with E-state index in [1.54, 1.807) is 60.7 Å². The zero-order chi connectivity index (χ0) is 12.1. The zero-order valence-electron chi connectivity index (χ0n) is 9.30. The van der Waals surface area contributed by atoms with Crippen LogP contribution in [0, 0.1) is 12.4 Å². The summed E-state index contributed by atoms with van der Waals surface area (Å²) in [5.41, 5.74) is 0. The van der Waals surface area contributed by atoms with Crippen molar-refractivity contribution < 1.29 is 30.9 Å². The van der Waals surface area contributed by atoms with Crippen LogP contribution in [-0.4, -0.2) is 0 Å². The fourth-order valence-electron chi connectivity index (χ4n) is 1.24. The van der Waals surface area contributed by atoms with Gasteiger partial charge in [-0.1, -0.05) is 36.4 Å². The fraction of sp³-hybridized carbons (Fsp3) is 0. The second-order valence-electron chi connectivity index (χ2n) is 3.26. The van der Waals surface area contributed by atoms with Crippen molar-refractivity contribution in [1.82, 2.24) is 0 Å². The van der Waals surface area contributed by atoms with Crippen molar-refractivity contribution in [3.05, 3.63) is 60.7 Å². The first-order valence-corrected chi connectivity index (χ1v) is 6.42. The Kier molecular flexibility index (Phi) is 5.23. The van der Waals surface area contributed by atoms with Gasteiger partial charge in [0, 0.05) is 0 Å². The highest BCUT2D eigenvalue weighted by Gasteiger charge is 2.12. The number of para-hydroxylation sites is 2. The Morgan fingerprint density at radius 3 is 1.44 bits per heavy atom. The summed E-state index contributed by atoms with van der Waals surface area (Å²) in [6, 6.07) is 16.4. The molecule has 0 amide bonds. The van der Waals surface area contributed by atoms with Crippen LogP contribution in [-0.2, 0) is 4.57 Å². The third-order valence-corrected chi connectivity index (χ3v) is 2.79. The molecule has 0 bridgehead atoms. The van der Waals surface area contributed by atoms with E-state index < -0.39 is 7.82 Å². The van der Waals surface area contributed by atoms with Crippen LogP contribution in [0.1, 0.15) is 0 Å². The lowest BCUT2D eigenvalue weighted by molar-refractivity contribution is -0.208. The highest BCUT2D eigenvalue weighted by atomic mass is 35.5. The van der Waals surface area contributed by atoms with Gasteiger partial charge in [-0.25, -0.2) is 4.57 Å². The molecule has 0 aromatic heterocycles. The average Bonchev–Trinajstić information content (AvgIpc) is 2.30. The molecule has 0 saturated carbocycles. The van der Waals surface area contributed by atoms with Crippen molar-refractivity contribution >= 4 is 7.82 Å². The number of rotatable bonds is 4. The molecule has 0 atom stereocenters. The molecular weight excluding hydrogens is 275 g/mol.